The van der Waals surface area contributed by atoms with Gasteiger partial charge >= 0.3 is 6.18 Å². The molecule has 298 valence electrons. The lowest BCUT2D eigenvalue weighted by atomic mass is 10.1. The van der Waals surface area contributed by atoms with Gasteiger partial charge in [0.05, 0.1) is 23.1 Å². The van der Waals surface area contributed by atoms with E-state index in [0.29, 0.717) is 11.9 Å². The maximum atomic E-state index is 13.1. The molecule has 4 rings (SSSR count). The number of thiophene rings is 2. The largest absolute Gasteiger partial charge is 0.497 e. The molecule has 0 aliphatic heterocycles. The van der Waals surface area contributed by atoms with Crippen molar-refractivity contribution in [3.8, 4) is 5.75 Å². The van der Waals surface area contributed by atoms with E-state index in [-0.39, 0.29) is 31.0 Å². The molecule has 0 saturated carbocycles. The molecular formula is C31H33F3N6O11S4. The van der Waals surface area contributed by atoms with Crippen molar-refractivity contribution < 1.29 is 64.1 Å². The van der Waals surface area contributed by atoms with Crippen LogP contribution in [-0.2, 0) is 35.4 Å². The maximum Gasteiger partial charge on any atom is 0.436 e. The summed E-state index contributed by atoms with van der Waals surface area (Å²) in [6.07, 6.45) is -3.65. The molecular weight excluding hydrogens is 818 g/mol. The molecule has 0 fully saturated rings. The van der Waals surface area contributed by atoms with Crippen LogP contribution in [0.1, 0.15) is 59.7 Å². The van der Waals surface area contributed by atoms with Crippen molar-refractivity contribution in [1.82, 2.24) is 20.8 Å². The highest BCUT2D eigenvalue weighted by molar-refractivity contribution is 7.93. The number of methoxy groups -OCH3 is 1. The predicted molar refractivity (Wildman–Crippen MR) is 190 cm³/mol. The Morgan fingerprint density at radius 3 is 1.98 bits per heavy atom. The molecule has 0 bridgehead atoms. The van der Waals surface area contributed by atoms with Crippen LogP contribution < -0.4 is 26.6 Å². The number of rotatable bonds is 10. The molecule has 0 radical (unpaired) electrons. The topological polar surface area (TPSA) is 274 Å². The summed E-state index contributed by atoms with van der Waals surface area (Å²) in [5.41, 5.74) is 4.39. The van der Waals surface area contributed by atoms with E-state index >= 15 is 0 Å². The van der Waals surface area contributed by atoms with Gasteiger partial charge in [-0.2, -0.15) is 13.2 Å². The molecule has 3 heterocycles. The summed E-state index contributed by atoms with van der Waals surface area (Å²) in [6.45, 7) is 6.54. The molecule has 0 spiro atoms. The molecule has 1 aromatic carbocycles. The second-order valence-corrected chi connectivity index (χ2v) is 18.4. The number of aryl methyl sites for hydroxylation is 1. The molecule has 4 amide bonds. The summed E-state index contributed by atoms with van der Waals surface area (Å²) < 4.78 is 94.6. The van der Waals surface area contributed by atoms with Gasteiger partial charge in [-0.1, -0.05) is 0 Å². The van der Waals surface area contributed by atoms with Crippen LogP contribution in [0.4, 0.5) is 18.2 Å². The first-order chi connectivity index (χ1) is 25.1. The number of hydrogen-bond acceptors (Lipinski definition) is 15. The van der Waals surface area contributed by atoms with E-state index in [2.05, 4.69) is 26.1 Å². The van der Waals surface area contributed by atoms with E-state index in [4.69, 9.17) is 10.5 Å². The molecule has 0 aliphatic carbocycles. The Morgan fingerprint density at radius 2 is 1.44 bits per heavy atom. The summed E-state index contributed by atoms with van der Waals surface area (Å²) in [5, 5.41) is 21.0. The van der Waals surface area contributed by atoms with E-state index in [1.54, 1.807) is 13.0 Å². The minimum Gasteiger partial charge on any atom is -0.497 e. The molecule has 7 N–H and O–H groups in total. The summed E-state index contributed by atoms with van der Waals surface area (Å²) in [6, 6.07) is 6.57. The van der Waals surface area contributed by atoms with Crippen LogP contribution in [0.15, 0.2) is 66.4 Å². The monoisotopic (exact) mass is 850 g/mol. The Bertz CT molecular complexity index is 2350. The number of benzene rings is 1. The van der Waals surface area contributed by atoms with Gasteiger partial charge in [-0.05, 0) is 70.5 Å². The van der Waals surface area contributed by atoms with E-state index in [0.717, 1.165) is 43.0 Å². The highest BCUT2D eigenvalue weighted by atomic mass is 32.2. The number of carbonyl (C=O) groups is 4. The summed E-state index contributed by atoms with van der Waals surface area (Å²) in [5.74, 6) is -3.22. The van der Waals surface area contributed by atoms with Crippen molar-refractivity contribution in [2.45, 2.75) is 70.3 Å². The van der Waals surface area contributed by atoms with Crippen LogP contribution in [0.25, 0.3) is 0 Å². The van der Waals surface area contributed by atoms with Crippen molar-refractivity contribution in [3.63, 3.8) is 0 Å². The highest BCUT2D eigenvalue weighted by Crippen LogP contribution is 2.38. The van der Waals surface area contributed by atoms with E-state index < -0.39 is 81.2 Å². The standard InChI is InChI=1S/C17H20N2O6S2.C14H13F3N4O5S2/c1-10-5-12(25-4)8-13(6-10)27(23,24)14-7-11(9-26-14)15(20)18-19-16(21)17(2,3)22;1-13(2,24)12(23)21-10-6(9(18)22)5-7(27-10)28(25,26)11-8(14(15,16)17)19-3-4-20-11/h5-9,22H,1-4H3,(H,18,20)(H,19,21);3-5,24H,1-2H3,(H2,18,22)(H,21,23). The number of primary amides is 1. The number of halogens is 3. The van der Waals surface area contributed by atoms with Crippen molar-refractivity contribution >= 4 is 71.0 Å². The number of nitrogens with zero attached hydrogens (tertiary/aromatic N) is 2. The number of anilines is 1. The lowest BCUT2D eigenvalue weighted by molar-refractivity contribution is -0.144. The summed E-state index contributed by atoms with van der Waals surface area (Å²) >= 11 is 1.17. The number of aromatic nitrogens is 2. The predicted octanol–water partition coefficient (Wildman–Crippen LogP) is 2.63. The number of aliphatic hydroxyl groups is 2. The fourth-order valence-corrected chi connectivity index (χ4v) is 9.35. The molecule has 24 heteroatoms. The van der Waals surface area contributed by atoms with E-state index in [9.17, 15) is 59.4 Å². The van der Waals surface area contributed by atoms with Gasteiger partial charge in [-0.3, -0.25) is 30.0 Å². The molecule has 4 aromatic rings. The Morgan fingerprint density at radius 1 is 0.836 bits per heavy atom. The fourth-order valence-electron chi connectivity index (χ4n) is 3.86. The molecule has 17 nitrogen and oxygen atoms in total. The quantitative estimate of drug-likeness (QED) is 0.125. The van der Waals surface area contributed by atoms with Crippen LogP contribution in [0.2, 0.25) is 0 Å². The number of hydrogen-bond donors (Lipinski definition) is 6. The van der Waals surface area contributed by atoms with E-state index in [1.165, 1.54) is 44.5 Å². The number of alkyl halides is 3. The van der Waals surface area contributed by atoms with Gasteiger partial charge in [0.15, 0.2) is 10.7 Å². The minimum atomic E-state index is -5.10. The van der Waals surface area contributed by atoms with Crippen molar-refractivity contribution in [3.05, 3.63) is 70.5 Å². The number of carbonyl (C=O) groups excluding carboxylic acids is 4. The van der Waals surface area contributed by atoms with Gasteiger partial charge in [-0.25, -0.2) is 26.8 Å². The van der Waals surface area contributed by atoms with Crippen LogP contribution in [0.5, 0.6) is 5.75 Å². The SMILES string of the molecule is CC(C)(O)C(=O)Nc1sc(S(=O)(=O)c2nccnc2C(F)(F)F)cc1C(N)=O.COc1cc(C)cc(S(=O)(=O)c2cc(C(=O)NNC(=O)C(C)(C)O)cs2)c1. The maximum absolute atomic E-state index is 13.1. The first-order valence-corrected chi connectivity index (χ1v) is 19.7. The number of sulfone groups is 2. The summed E-state index contributed by atoms with van der Waals surface area (Å²) in [7, 11) is -7.24. The Kier molecular flexibility index (Phi) is 13.2. The smallest absolute Gasteiger partial charge is 0.436 e. The average Bonchev–Trinajstić information content (AvgIpc) is 3.75. The molecule has 0 saturated heterocycles. The number of ether oxygens (including phenoxy) is 1. The zero-order valence-corrected chi connectivity index (χ0v) is 32.7. The normalized spacial score (nSPS) is 12.2. The zero-order valence-electron chi connectivity index (χ0n) is 29.4. The first-order valence-electron chi connectivity index (χ1n) is 15.0. The third kappa shape index (κ3) is 10.8. The minimum absolute atomic E-state index is 0.0193. The second kappa shape index (κ2) is 16.4. The third-order valence-electron chi connectivity index (χ3n) is 6.73. The molecule has 0 atom stereocenters. The van der Waals surface area contributed by atoms with Gasteiger partial charge in [0.2, 0.25) is 19.7 Å². The van der Waals surface area contributed by atoms with Crippen LogP contribution >= 0.6 is 22.7 Å². The number of amides is 4. The zero-order chi connectivity index (χ0) is 41.9. The molecule has 3 aromatic heterocycles. The van der Waals surface area contributed by atoms with Crippen molar-refractivity contribution in [2.75, 3.05) is 12.4 Å². The average molecular weight is 851 g/mol. The van der Waals surface area contributed by atoms with Crippen LogP contribution in [0, 0.1) is 6.92 Å². The Balaban J connectivity index is 0.000000296. The number of hydrazine groups is 1. The van der Waals surface area contributed by atoms with Gasteiger partial charge in [-0.15, -0.1) is 22.7 Å². The fraction of sp³-hybridized carbons (Fsp3) is 0.290. The number of nitrogens with one attached hydrogen (secondary N) is 3. The molecule has 55 heavy (non-hydrogen) atoms. The second-order valence-electron chi connectivity index (χ2n) is 12.2. The molecule has 0 unspecified atom stereocenters. The van der Waals surface area contributed by atoms with E-state index in [1.807, 2.05) is 0 Å². The lowest BCUT2D eigenvalue weighted by Gasteiger charge is -2.16. The Labute approximate surface area is 319 Å². The van der Waals surface area contributed by atoms with Gasteiger partial charge < -0.3 is 26.0 Å². The van der Waals surface area contributed by atoms with Crippen molar-refractivity contribution in [2.24, 2.45) is 5.73 Å². The summed E-state index contributed by atoms with van der Waals surface area (Å²) in [4.78, 5) is 53.5. The van der Waals surface area contributed by atoms with Crippen molar-refractivity contribution in [1.29, 1.82) is 0 Å². The van der Waals surface area contributed by atoms with Gasteiger partial charge in [0.25, 0.3) is 23.6 Å². The lowest BCUT2D eigenvalue weighted by Crippen LogP contribution is -2.50. The van der Waals surface area contributed by atoms with Gasteiger partial charge in [0.1, 0.15) is 30.4 Å². The number of nitrogens with two attached hydrogens (primary N) is 1. The van der Waals surface area contributed by atoms with Gasteiger partial charge in [0, 0.05) is 17.8 Å². The van der Waals surface area contributed by atoms with Crippen LogP contribution in [0.3, 0.4) is 0 Å². The third-order valence-corrected chi connectivity index (χ3v) is 13.1. The Hall–Kier alpha value is -5.01. The molecule has 0 aliphatic rings. The highest BCUT2D eigenvalue weighted by Gasteiger charge is 2.41. The first kappa shape index (κ1) is 44.4. The van der Waals surface area contributed by atoms with Crippen LogP contribution in [-0.4, -0.2) is 79.0 Å².